The lowest BCUT2D eigenvalue weighted by Gasteiger charge is -2.19. The molecule has 1 amide bonds. The van der Waals surface area contributed by atoms with Gasteiger partial charge < -0.3 is 19.7 Å². The Kier molecular flexibility index (Phi) is 6.15. The average molecular weight is 475 g/mol. The van der Waals surface area contributed by atoms with Gasteiger partial charge in [-0.05, 0) is 40.5 Å². The van der Waals surface area contributed by atoms with Crippen LogP contribution in [0.25, 0.3) is 0 Å². The standard InChI is InChI=1S/C18H18BrF3N4O3/c1-28-14-7-10(16(27)26-6-5-11(9-26)18(20,21)22)3-4-13(14)24-17-23-8-12(19)15(25-17)29-2/h3-4,7-8,11H,5-6,9H2,1-2H3,(H,23,24,25). The van der Waals surface area contributed by atoms with E-state index in [0.29, 0.717) is 21.8 Å². The number of likely N-dealkylation sites (tertiary alicyclic amines) is 1. The molecule has 3 rings (SSSR count). The number of nitrogens with one attached hydrogen (secondary N) is 1. The fourth-order valence-corrected chi connectivity index (χ4v) is 3.35. The number of carbonyl (C=O) groups excluding carboxylic acids is 1. The van der Waals surface area contributed by atoms with Gasteiger partial charge in [0.05, 0.1) is 36.5 Å². The number of hydrogen-bond acceptors (Lipinski definition) is 6. The summed E-state index contributed by atoms with van der Waals surface area (Å²) in [4.78, 5) is 22.1. The van der Waals surface area contributed by atoms with Crippen LogP contribution in [0.4, 0.5) is 24.8 Å². The molecule has 1 aliphatic heterocycles. The number of anilines is 2. The molecular formula is C18H18BrF3N4O3. The van der Waals surface area contributed by atoms with Crippen LogP contribution in [0.3, 0.4) is 0 Å². The Bertz CT molecular complexity index is 910. The number of benzene rings is 1. The van der Waals surface area contributed by atoms with E-state index in [9.17, 15) is 18.0 Å². The molecule has 1 atom stereocenters. The van der Waals surface area contributed by atoms with Crippen LogP contribution in [0.15, 0.2) is 28.9 Å². The van der Waals surface area contributed by atoms with Gasteiger partial charge in [0.2, 0.25) is 11.8 Å². The highest BCUT2D eigenvalue weighted by Crippen LogP contribution is 2.35. The van der Waals surface area contributed by atoms with Gasteiger partial charge in [0.25, 0.3) is 5.91 Å². The summed E-state index contributed by atoms with van der Waals surface area (Å²) >= 11 is 3.26. The largest absolute Gasteiger partial charge is 0.495 e. The van der Waals surface area contributed by atoms with E-state index in [1.807, 2.05) is 0 Å². The summed E-state index contributed by atoms with van der Waals surface area (Å²) in [5.74, 6) is -1.05. The molecule has 29 heavy (non-hydrogen) atoms. The molecule has 1 unspecified atom stereocenters. The van der Waals surface area contributed by atoms with Gasteiger partial charge in [-0.1, -0.05) is 0 Å². The van der Waals surface area contributed by atoms with Crippen LogP contribution in [0, 0.1) is 5.92 Å². The highest BCUT2D eigenvalue weighted by molar-refractivity contribution is 9.10. The van der Waals surface area contributed by atoms with Crippen molar-refractivity contribution in [2.75, 3.05) is 32.6 Å². The number of amides is 1. The Hall–Kier alpha value is -2.56. The Balaban J connectivity index is 1.78. The topological polar surface area (TPSA) is 76.6 Å². The Morgan fingerprint density at radius 2 is 2.07 bits per heavy atom. The minimum absolute atomic E-state index is 0.0673. The van der Waals surface area contributed by atoms with Gasteiger partial charge in [-0.15, -0.1) is 0 Å². The number of rotatable bonds is 5. The van der Waals surface area contributed by atoms with Crippen LogP contribution in [0.1, 0.15) is 16.8 Å². The number of aromatic nitrogens is 2. The number of methoxy groups -OCH3 is 2. The zero-order valence-corrected chi connectivity index (χ0v) is 17.2. The molecule has 1 saturated heterocycles. The molecular weight excluding hydrogens is 457 g/mol. The molecule has 156 valence electrons. The minimum atomic E-state index is -4.30. The molecule has 0 aliphatic carbocycles. The van der Waals surface area contributed by atoms with E-state index in [-0.39, 0.29) is 31.0 Å². The van der Waals surface area contributed by atoms with Crippen LogP contribution in [-0.2, 0) is 0 Å². The van der Waals surface area contributed by atoms with Gasteiger partial charge in [0, 0.05) is 18.7 Å². The van der Waals surface area contributed by atoms with Crippen LogP contribution >= 0.6 is 15.9 Å². The van der Waals surface area contributed by atoms with E-state index < -0.39 is 18.0 Å². The van der Waals surface area contributed by atoms with E-state index in [4.69, 9.17) is 9.47 Å². The second kappa shape index (κ2) is 8.44. The Morgan fingerprint density at radius 1 is 1.31 bits per heavy atom. The third-order valence-corrected chi connectivity index (χ3v) is 5.08. The van der Waals surface area contributed by atoms with Crippen molar-refractivity contribution in [2.24, 2.45) is 5.92 Å². The molecule has 7 nitrogen and oxygen atoms in total. The molecule has 0 bridgehead atoms. The van der Waals surface area contributed by atoms with Gasteiger partial charge in [-0.3, -0.25) is 4.79 Å². The third kappa shape index (κ3) is 4.72. The van der Waals surface area contributed by atoms with E-state index >= 15 is 0 Å². The maximum absolute atomic E-state index is 12.9. The minimum Gasteiger partial charge on any atom is -0.495 e. The first-order chi connectivity index (χ1) is 13.7. The van der Waals surface area contributed by atoms with Gasteiger partial charge >= 0.3 is 6.18 Å². The quantitative estimate of drug-likeness (QED) is 0.704. The smallest absolute Gasteiger partial charge is 0.393 e. The van der Waals surface area contributed by atoms with Gasteiger partial charge in [-0.2, -0.15) is 18.2 Å². The lowest BCUT2D eigenvalue weighted by Crippen LogP contribution is -2.32. The molecule has 1 N–H and O–H groups in total. The van der Waals surface area contributed by atoms with E-state index in [0.717, 1.165) is 0 Å². The Morgan fingerprint density at radius 3 is 2.69 bits per heavy atom. The lowest BCUT2D eigenvalue weighted by molar-refractivity contribution is -0.169. The molecule has 11 heteroatoms. The molecule has 0 saturated carbocycles. The maximum atomic E-state index is 12.9. The van der Waals surface area contributed by atoms with E-state index in [2.05, 4.69) is 31.2 Å². The van der Waals surface area contributed by atoms with Crippen molar-refractivity contribution in [3.63, 3.8) is 0 Å². The van der Waals surface area contributed by atoms with Crippen molar-refractivity contribution in [3.8, 4) is 11.6 Å². The predicted octanol–water partition coefficient (Wildman–Crippen LogP) is 4.02. The zero-order valence-electron chi connectivity index (χ0n) is 15.6. The van der Waals surface area contributed by atoms with Crippen molar-refractivity contribution in [1.82, 2.24) is 14.9 Å². The third-order valence-electron chi connectivity index (χ3n) is 4.54. The van der Waals surface area contributed by atoms with Crippen LogP contribution in [0.2, 0.25) is 0 Å². The van der Waals surface area contributed by atoms with Crippen molar-refractivity contribution in [3.05, 3.63) is 34.4 Å². The van der Waals surface area contributed by atoms with Gasteiger partial charge in [0.1, 0.15) is 5.75 Å². The Labute approximate surface area is 173 Å². The summed E-state index contributed by atoms with van der Waals surface area (Å²) in [5.41, 5.74) is 0.729. The van der Waals surface area contributed by atoms with Gasteiger partial charge in [-0.25, -0.2) is 4.98 Å². The van der Waals surface area contributed by atoms with Crippen LogP contribution in [-0.4, -0.2) is 54.3 Å². The van der Waals surface area contributed by atoms with Crippen molar-refractivity contribution < 1.29 is 27.4 Å². The van der Waals surface area contributed by atoms with Crippen molar-refractivity contribution in [1.29, 1.82) is 0 Å². The summed E-state index contributed by atoms with van der Waals surface area (Å²) in [5, 5.41) is 2.97. The number of carbonyl (C=O) groups is 1. The first-order valence-corrected chi connectivity index (χ1v) is 9.39. The second-order valence-electron chi connectivity index (χ2n) is 6.37. The molecule has 1 aromatic heterocycles. The highest BCUT2D eigenvalue weighted by atomic mass is 79.9. The van der Waals surface area contributed by atoms with Crippen molar-refractivity contribution in [2.45, 2.75) is 12.6 Å². The van der Waals surface area contributed by atoms with Crippen LogP contribution in [0.5, 0.6) is 11.6 Å². The molecule has 0 spiro atoms. The van der Waals surface area contributed by atoms with E-state index in [1.165, 1.54) is 37.4 Å². The summed E-state index contributed by atoms with van der Waals surface area (Å²) in [6.07, 6.45) is -2.87. The summed E-state index contributed by atoms with van der Waals surface area (Å²) in [6.45, 7) is -0.269. The second-order valence-corrected chi connectivity index (χ2v) is 7.22. The number of ether oxygens (including phenoxy) is 2. The number of halogens is 4. The fourth-order valence-electron chi connectivity index (χ4n) is 3.00. The summed E-state index contributed by atoms with van der Waals surface area (Å²) in [6, 6.07) is 4.58. The number of alkyl halides is 3. The van der Waals surface area contributed by atoms with Gasteiger partial charge in [0.15, 0.2) is 0 Å². The molecule has 1 fully saturated rings. The fraction of sp³-hybridized carbons (Fsp3) is 0.389. The van der Waals surface area contributed by atoms with Crippen LogP contribution < -0.4 is 14.8 Å². The molecule has 0 radical (unpaired) electrons. The predicted molar refractivity (Wildman–Crippen MR) is 103 cm³/mol. The first-order valence-electron chi connectivity index (χ1n) is 8.60. The van der Waals surface area contributed by atoms with E-state index in [1.54, 1.807) is 6.07 Å². The normalized spacial score (nSPS) is 16.6. The first kappa shape index (κ1) is 21.2. The lowest BCUT2D eigenvalue weighted by atomic mass is 10.1. The summed E-state index contributed by atoms with van der Waals surface area (Å²) < 4.78 is 49.6. The number of nitrogens with zero attached hydrogens (tertiary/aromatic N) is 3. The van der Waals surface area contributed by atoms with Crippen molar-refractivity contribution >= 4 is 33.5 Å². The SMILES string of the molecule is COc1cc(C(=O)N2CCC(C(F)(F)F)C2)ccc1Nc1ncc(Br)c(OC)n1. The highest BCUT2D eigenvalue weighted by Gasteiger charge is 2.44. The average Bonchev–Trinajstić information content (AvgIpc) is 3.20. The monoisotopic (exact) mass is 474 g/mol. The molecule has 2 heterocycles. The summed E-state index contributed by atoms with van der Waals surface area (Å²) in [7, 11) is 2.90. The molecule has 1 aliphatic rings. The number of hydrogen-bond donors (Lipinski definition) is 1. The molecule has 1 aromatic carbocycles. The zero-order chi connectivity index (χ0) is 21.2. The molecule has 2 aromatic rings. The maximum Gasteiger partial charge on any atom is 0.393 e.